The molecule has 3 aromatic heterocycles. The average Bonchev–Trinajstić information content (AvgIpc) is 3.19. The molecule has 2 N–H and O–H groups in total. The Kier molecular flexibility index (Phi) is 3.82. The van der Waals surface area contributed by atoms with Gasteiger partial charge in [-0.3, -0.25) is 4.98 Å². The van der Waals surface area contributed by atoms with Crippen molar-refractivity contribution in [3.8, 4) is 10.4 Å². The average molecular weight is 355 g/mol. The van der Waals surface area contributed by atoms with Crippen molar-refractivity contribution in [3.05, 3.63) is 63.5 Å². The second-order valence-corrected chi connectivity index (χ2v) is 7.32. The molecule has 3 aromatic rings. The van der Waals surface area contributed by atoms with Crippen LogP contribution in [0.4, 0.5) is 5.95 Å². The maximum atomic E-state index is 6.06. The van der Waals surface area contributed by atoms with Crippen LogP contribution in [0.25, 0.3) is 16.0 Å². The van der Waals surface area contributed by atoms with E-state index in [1.807, 2.05) is 24.4 Å². The van der Waals surface area contributed by atoms with Crippen LogP contribution in [0.5, 0.6) is 0 Å². The molecule has 0 radical (unpaired) electrons. The Morgan fingerprint density at radius 3 is 2.88 bits per heavy atom. The van der Waals surface area contributed by atoms with Crippen molar-refractivity contribution in [2.24, 2.45) is 0 Å². The van der Waals surface area contributed by atoms with Gasteiger partial charge in [0, 0.05) is 39.9 Å². The molecule has 0 aromatic carbocycles. The zero-order chi connectivity index (χ0) is 16.7. The molecule has 24 heavy (non-hydrogen) atoms. The van der Waals surface area contributed by atoms with Crippen molar-refractivity contribution in [2.45, 2.75) is 19.8 Å². The van der Waals surface area contributed by atoms with Crippen LogP contribution >= 0.6 is 22.9 Å². The largest absolute Gasteiger partial charge is 0.368 e. The number of aryl methyl sites for hydroxylation is 1. The lowest BCUT2D eigenvalue weighted by molar-refractivity contribution is 1.00. The first-order chi connectivity index (χ1) is 11.6. The molecule has 3 heterocycles. The van der Waals surface area contributed by atoms with Gasteiger partial charge in [0.25, 0.3) is 0 Å². The molecule has 0 bridgehead atoms. The van der Waals surface area contributed by atoms with Crippen LogP contribution in [0, 0.1) is 0 Å². The fourth-order valence-electron chi connectivity index (χ4n) is 2.88. The number of aromatic nitrogens is 3. The van der Waals surface area contributed by atoms with Crippen LogP contribution in [0.1, 0.15) is 29.6 Å². The van der Waals surface area contributed by atoms with E-state index in [1.165, 1.54) is 0 Å². The summed E-state index contributed by atoms with van der Waals surface area (Å²) in [7, 11) is 0. The summed E-state index contributed by atoms with van der Waals surface area (Å²) in [5, 5.41) is 0. The minimum absolute atomic E-state index is 0.313. The molecule has 0 saturated carbocycles. The van der Waals surface area contributed by atoms with Crippen molar-refractivity contribution < 1.29 is 0 Å². The monoisotopic (exact) mass is 354 g/mol. The van der Waals surface area contributed by atoms with E-state index in [1.54, 1.807) is 11.3 Å². The number of nitrogen functional groups attached to an aromatic ring is 1. The van der Waals surface area contributed by atoms with E-state index in [-0.39, 0.29) is 0 Å². The highest BCUT2D eigenvalue weighted by Gasteiger charge is 2.20. The van der Waals surface area contributed by atoms with Gasteiger partial charge in [-0.05, 0) is 30.7 Å². The molecule has 4 rings (SSSR count). The standard InChI is InChI=1S/C18H15ClN4S/c1-2-11-8-15(23-18(20)22-11)12-3-4-14-13(12)7-10(9-21-14)16-5-6-17(19)24-16/h3,5-9H,2,4H2,1H3,(H2,20,22,23). The van der Waals surface area contributed by atoms with Crippen LogP contribution in [0.2, 0.25) is 4.34 Å². The van der Waals surface area contributed by atoms with Crippen molar-refractivity contribution in [1.82, 2.24) is 15.0 Å². The molecule has 1 aliphatic rings. The first-order valence-corrected chi connectivity index (χ1v) is 8.92. The molecule has 120 valence electrons. The number of anilines is 1. The van der Waals surface area contributed by atoms with Crippen LogP contribution in [0.15, 0.2) is 36.5 Å². The molecule has 0 unspecified atom stereocenters. The number of pyridine rings is 1. The normalized spacial score (nSPS) is 13.0. The second-order valence-electron chi connectivity index (χ2n) is 5.60. The molecule has 1 aliphatic carbocycles. The smallest absolute Gasteiger partial charge is 0.220 e. The number of allylic oxidation sites excluding steroid dienone is 1. The number of nitrogens with zero attached hydrogens (tertiary/aromatic N) is 3. The van der Waals surface area contributed by atoms with Gasteiger partial charge < -0.3 is 5.73 Å². The highest BCUT2D eigenvalue weighted by atomic mass is 35.5. The molecule has 6 heteroatoms. The third-order valence-corrected chi connectivity index (χ3v) is 5.33. The number of nitrogens with two attached hydrogens (primary N) is 1. The van der Waals surface area contributed by atoms with Crippen LogP contribution < -0.4 is 5.73 Å². The molecule has 0 spiro atoms. The van der Waals surface area contributed by atoms with E-state index < -0.39 is 0 Å². The Morgan fingerprint density at radius 2 is 2.12 bits per heavy atom. The number of halogens is 1. The quantitative estimate of drug-likeness (QED) is 0.757. The van der Waals surface area contributed by atoms with E-state index in [0.29, 0.717) is 5.95 Å². The predicted octanol–water partition coefficient (Wildman–Crippen LogP) is 4.39. The molecule has 0 fully saturated rings. The molecule has 4 nitrogen and oxygen atoms in total. The van der Waals surface area contributed by atoms with E-state index in [2.05, 4.69) is 34.0 Å². The van der Waals surface area contributed by atoms with Crippen molar-refractivity contribution in [3.63, 3.8) is 0 Å². The van der Waals surface area contributed by atoms with Crippen molar-refractivity contribution in [1.29, 1.82) is 0 Å². The molecular weight excluding hydrogens is 340 g/mol. The van der Waals surface area contributed by atoms with Gasteiger partial charge in [-0.25, -0.2) is 9.97 Å². The summed E-state index contributed by atoms with van der Waals surface area (Å²) in [4.78, 5) is 14.4. The number of hydrogen-bond acceptors (Lipinski definition) is 5. The van der Waals surface area contributed by atoms with E-state index in [0.717, 1.165) is 55.8 Å². The van der Waals surface area contributed by atoms with Gasteiger partial charge in [-0.1, -0.05) is 24.6 Å². The number of rotatable bonds is 3. The minimum Gasteiger partial charge on any atom is -0.368 e. The van der Waals surface area contributed by atoms with Gasteiger partial charge in [-0.15, -0.1) is 11.3 Å². The molecule has 0 saturated heterocycles. The highest BCUT2D eigenvalue weighted by molar-refractivity contribution is 7.19. The van der Waals surface area contributed by atoms with Crippen LogP contribution in [0.3, 0.4) is 0 Å². The van der Waals surface area contributed by atoms with Gasteiger partial charge >= 0.3 is 0 Å². The Hall–Kier alpha value is -2.24. The lowest BCUT2D eigenvalue weighted by Crippen LogP contribution is -2.02. The third kappa shape index (κ3) is 2.70. The SMILES string of the molecule is CCc1cc(C2=CCc3ncc(-c4ccc(Cl)s4)cc32)nc(N)n1. The fourth-order valence-corrected chi connectivity index (χ4v) is 3.91. The summed E-state index contributed by atoms with van der Waals surface area (Å²) in [6, 6.07) is 8.09. The Morgan fingerprint density at radius 1 is 1.25 bits per heavy atom. The zero-order valence-corrected chi connectivity index (χ0v) is 14.7. The minimum atomic E-state index is 0.313. The summed E-state index contributed by atoms with van der Waals surface area (Å²) < 4.78 is 0.775. The topological polar surface area (TPSA) is 64.7 Å². The van der Waals surface area contributed by atoms with Gasteiger partial charge in [-0.2, -0.15) is 0 Å². The summed E-state index contributed by atoms with van der Waals surface area (Å²) >= 11 is 7.61. The van der Waals surface area contributed by atoms with Crippen molar-refractivity contribution >= 4 is 34.5 Å². The summed E-state index contributed by atoms with van der Waals surface area (Å²) in [6.45, 7) is 2.06. The van der Waals surface area contributed by atoms with E-state index in [4.69, 9.17) is 17.3 Å². The maximum Gasteiger partial charge on any atom is 0.220 e. The highest BCUT2D eigenvalue weighted by Crippen LogP contribution is 2.36. The molecular formula is C18H15ClN4S. The Bertz CT molecular complexity index is 961. The van der Waals surface area contributed by atoms with Crippen LogP contribution in [-0.4, -0.2) is 15.0 Å². The van der Waals surface area contributed by atoms with E-state index >= 15 is 0 Å². The molecule has 0 aliphatic heterocycles. The van der Waals surface area contributed by atoms with Gasteiger partial charge in [0.1, 0.15) is 0 Å². The van der Waals surface area contributed by atoms with Gasteiger partial charge in [0.05, 0.1) is 15.7 Å². The van der Waals surface area contributed by atoms with E-state index in [9.17, 15) is 0 Å². The van der Waals surface area contributed by atoms with Crippen molar-refractivity contribution in [2.75, 3.05) is 5.73 Å². The lowest BCUT2D eigenvalue weighted by atomic mass is 10.0. The number of fused-ring (bicyclic) bond motifs is 1. The predicted molar refractivity (Wildman–Crippen MR) is 99.2 cm³/mol. The first kappa shape index (κ1) is 15.3. The summed E-state index contributed by atoms with van der Waals surface area (Å²) in [5.41, 5.74) is 12.0. The van der Waals surface area contributed by atoms with Gasteiger partial charge in [0.2, 0.25) is 5.95 Å². The summed E-state index contributed by atoms with van der Waals surface area (Å²) in [5.74, 6) is 0.313. The first-order valence-electron chi connectivity index (χ1n) is 7.73. The zero-order valence-electron chi connectivity index (χ0n) is 13.1. The number of hydrogen-bond donors (Lipinski definition) is 1. The summed E-state index contributed by atoms with van der Waals surface area (Å²) in [6.07, 6.45) is 5.70. The Balaban J connectivity index is 1.79. The maximum absolute atomic E-state index is 6.06. The third-order valence-electron chi connectivity index (χ3n) is 4.05. The lowest BCUT2D eigenvalue weighted by Gasteiger charge is -2.09. The van der Waals surface area contributed by atoms with Crippen LogP contribution in [-0.2, 0) is 12.8 Å². The number of thiophene rings is 1. The molecule has 0 amide bonds. The van der Waals surface area contributed by atoms with Gasteiger partial charge in [0.15, 0.2) is 0 Å². The second kappa shape index (κ2) is 6.00. The Labute approximate surface area is 149 Å². The molecule has 0 atom stereocenters. The fraction of sp³-hybridized carbons (Fsp3) is 0.167.